The smallest absolute Gasteiger partial charge is 0.191 e. The molecule has 1 aliphatic heterocycles. The molecule has 1 unspecified atom stereocenters. The Bertz CT molecular complexity index is 687. The molecule has 1 fully saturated rings. The van der Waals surface area contributed by atoms with Crippen molar-refractivity contribution in [1.29, 1.82) is 0 Å². The fourth-order valence-electron chi connectivity index (χ4n) is 2.96. The van der Waals surface area contributed by atoms with Gasteiger partial charge < -0.3 is 10.6 Å². The van der Waals surface area contributed by atoms with Crippen LogP contribution in [-0.4, -0.2) is 35.0 Å². The molecule has 0 aliphatic carbocycles. The first-order valence-electron chi connectivity index (χ1n) is 8.11. The number of nitrogens with one attached hydrogen (secondary N) is 2. The van der Waals surface area contributed by atoms with Crippen LogP contribution in [0.4, 0.5) is 0 Å². The van der Waals surface area contributed by atoms with Crippen LogP contribution in [-0.2, 0) is 6.54 Å². The predicted molar refractivity (Wildman–Crippen MR) is 100 cm³/mol. The van der Waals surface area contributed by atoms with Crippen molar-refractivity contribution in [2.45, 2.75) is 31.1 Å². The SMILES string of the molecule is CN=C(NCc1ccnc2ccccc12)NCC1(C)CCCS1. The summed E-state index contributed by atoms with van der Waals surface area (Å²) in [5.41, 5.74) is 2.27. The van der Waals surface area contributed by atoms with Gasteiger partial charge in [0.25, 0.3) is 0 Å². The average molecular weight is 328 g/mol. The minimum Gasteiger partial charge on any atom is -0.355 e. The van der Waals surface area contributed by atoms with Gasteiger partial charge >= 0.3 is 0 Å². The number of rotatable bonds is 4. The summed E-state index contributed by atoms with van der Waals surface area (Å²) >= 11 is 2.06. The largest absolute Gasteiger partial charge is 0.355 e. The van der Waals surface area contributed by atoms with Gasteiger partial charge in [0.1, 0.15) is 0 Å². The summed E-state index contributed by atoms with van der Waals surface area (Å²) in [5.74, 6) is 2.13. The molecule has 3 rings (SSSR count). The maximum absolute atomic E-state index is 4.41. The fourth-order valence-corrected chi connectivity index (χ4v) is 4.20. The molecule has 2 heterocycles. The van der Waals surface area contributed by atoms with Crippen molar-refractivity contribution in [2.75, 3.05) is 19.3 Å². The Morgan fingerprint density at radius 3 is 2.96 bits per heavy atom. The van der Waals surface area contributed by atoms with E-state index in [0.717, 1.165) is 24.6 Å². The van der Waals surface area contributed by atoms with Crippen molar-refractivity contribution < 1.29 is 0 Å². The molecule has 0 bridgehead atoms. The molecule has 1 aromatic heterocycles. The van der Waals surface area contributed by atoms with Crippen LogP contribution in [0.1, 0.15) is 25.3 Å². The quantitative estimate of drug-likeness (QED) is 0.668. The van der Waals surface area contributed by atoms with Crippen LogP contribution < -0.4 is 10.6 Å². The van der Waals surface area contributed by atoms with Gasteiger partial charge in [0.2, 0.25) is 0 Å². The van der Waals surface area contributed by atoms with E-state index in [-0.39, 0.29) is 0 Å². The molecule has 0 amide bonds. The number of pyridine rings is 1. The molecule has 0 radical (unpaired) electrons. The zero-order valence-corrected chi connectivity index (χ0v) is 14.6. The molecule has 5 heteroatoms. The van der Waals surface area contributed by atoms with Crippen LogP contribution in [0.25, 0.3) is 10.9 Å². The third kappa shape index (κ3) is 3.96. The number of hydrogen-bond donors (Lipinski definition) is 2. The lowest BCUT2D eigenvalue weighted by Gasteiger charge is -2.24. The summed E-state index contributed by atoms with van der Waals surface area (Å²) in [7, 11) is 1.82. The topological polar surface area (TPSA) is 49.3 Å². The van der Waals surface area contributed by atoms with E-state index in [1.54, 1.807) is 0 Å². The molecule has 1 saturated heterocycles. The molecule has 2 aromatic rings. The van der Waals surface area contributed by atoms with Crippen LogP contribution in [0.5, 0.6) is 0 Å². The van der Waals surface area contributed by atoms with Gasteiger partial charge in [-0.25, -0.2) is 0 Å². The van der Waals surface area contributed by atoms with Crippen molar-refractivity contribution in [3.05, 3.63) is 42.1 Å². The highest BCUT2D eigenvalue weighted by molar-refractivity contribution is 8.00. The summed E-state index contributed by atoms with van der Waals surface area (Å²) in [6.45, 7) is 4.03. The molecule has 1 aromatic carbocycles. The molecule has 1 atom stereocenters. The van der Waals surface area contributed by atoms with Gasteiger partial charge in [0, 0.05) is 36.5 Å². The number of nitrogens with zero attached hydrogens (tertiary/aromatic N) is 2. The molecule has 2 N–H and O–H groups in total. The van der Waals surface area contributed by atoms with Gasteiger partial charge in [-0.2, -0.15) is 11.8 Å². The van der Waals surface area contributed by atoms with E-state index in [2.05, 4.69) is 57.5 Å². The first-order chi connectivity index (χ1) is 11.2. The number of thioether (sulfide) groups is 1. The number of aromatic nitrogens is 1. The monoisotopic (exact) mass is 328 g/mol. The Morgan fingerprint density at radius 2 is 2.17 bits per heavy atom. The molecule has 0 saturated carbocycles. The first-order valence-corrected chi connectivity index (χ1v) is 9.10. The minimum absolute atomic E-state index is 0.334. The van der Waals surface area contributed by atoms with E-state index in [9.17, 15) is 0 Å². The summed E-state index contributed by atoms with van der Waals surface area (Å²) in [6, 6.07) is 10.3. The van der Waals surface area contributed by atoms with Crippen LogP contribution in [0, 0.1) is 0 Å². The van der Waals surface area contributed by atoms with Gasteiger partial charge in [0.05, 0.1) is 5.52 Å². The second kappa shape index (κ2) is 7.21. The van der Waals surface area contributed by atoms with E-state index in [4.69, 9.17) is 0 Å². The van der Waals surface area contributed by atoms with Crippen LogP contribution in [0.2, 0.25) is 0 Å². The predicted octanol–water partition coefficient (Wildman–Crippen LogP) is 3.19. The van der Waals surface area contributed by atoms with Crippen LogP contribution in [0.3, 0.4) is 0 Å². The molecule has 4 nitrogen and oxygen atoms in total. The normalized spacial score (nSPS) is 21.6. The molecule has 0 spiro atoms. The molecule has 1 aliphatic rings. The van der Waals surface area contributed by atoms with Gasteiger partial charge in [-0.15, -0.1) is 0 Å². The number of fused-ring (bicyclic) bond motifs is 1. The number of guanidine groups is 1. The standard InChI is InChI=1S/C18H24N4S/c1-18(9-5-11-23-18)13-22-17(19-2)21-12-14-8-10-20-16-7-4-3-6-15(14)16/h3-4,6-8,10H,5,9,11-13H2,1-2H3,(H2,19,21,22). The molecular formula is C18H24N4S. The van der Waals surface area contributed by atoms with Crippen molar-refractivity contribution >= 4 is 28.6 Å². The number of hydrogen-bond acceptors (Lipinski definition) is 3. The highest BCUT2D eigenvalue weighted by Gasteiger charge is 2.29. The zero-order chi connectivity index (χ0) is 16.1. The maximum atomic E-state index is 4.41. The third-order valence-corrected chi connectivity index (χ3v) is 5.88. The zero-order valence-electron chi connectivity index (χ0n) is 13.8. The van der Waals surface area contributed by atoms with Crippen molar-refractivity contribution in [3.63, 3.8) is 0 Å². The second-order valence-corrected chi connectivity index (χ2v) is 7.85. The van der Waals surface area contributed by atoms with Crippen LogP contribution in [0.15, 0.2) is 41.5 Å². The Labute approximate surface area is 142 Å². The third-order valence-electron chi connectivity index (χ3n) is 4.34. The first kappa shape index (κ1) is 16.1. The summed E-state index contributed by atoms with van der Waals surface area (Å²) < 4.78 is 0.334. The molecule has 122 valence electrons. The molecule has 23 heavy (non-hydrogen) atoms. The van der Waals surface area contributed by atoms with Crippen molar-refractivity contribution in [2.24, 2.45) is 4.99 Å². The van der Waals surface area contributed by atoms with E-state index >= 15 is 0 Å². The lowest BCUT2D eigenvalue weighted by Crippen LogP contribution is -2.43. The van der Waals surface area contributed by atoms with E-state index in [1.165, 1.54) is 29.5 Å². The van der Waals surface area contributed by atoms with Crippen molar-refractivity contribution in [3.8, 4) is 0 Å². The van der Waals surface area contributed by atoms with E-state index in [0.29, 0.717) is 4.75 Å². The molecular weight excluding hydrogens is 304 g/mol. The highest BCUT2D eigenvalue weighted by Crippen LogP contribution is 2.36. The van der Waals surface area contributed by atoms with E-state index in [1.807, 2.05) is 25.4 Å². The lowest BCUT2D eigenvalue weighted by atomic mass is 10.1. The van der Waals surface area contributed by atoms with Crippen molar-refractivity contribution in [1.82, 2.24) is 15.6 Å². The Kier molecular flexibility index (Phi) is 5.06. The summed E-state index contributed by atoms with van der Waals surface area (Å²) in [4.78, 5) is 8.76. The minimum atomic E-state index is 0.334. The van der Waals surface area contributed by atoms with Gasteiger partial charge in [-0.1, -0.05) is 18.2 Å². The summed E-state index contributed by atoms with van der Waals surface area (Å²) in [5, 5.41) is 8.08. The van der Waals surface area contributed by atoms with E-state index < -0.39 is 0 Å². The Morgan fingerprint density at radius 1 is 1.30 bits per heavy atom. The van der Waals surface area contributed by atoms with Crippen LogP contribution >= 0.6 is 11.8 Å². The fraction of sp³-hybridized carbons (Fsp3) is 0.444. The van der Waals surface area contributed by atoms with Gasteiger partial charge in [-0.3, -0.25) is 9.98 Å². The number of benzene rings is 1. The van der Waals surface area contributed by atoms with Gasteiger partial charge in [0.15, 0.2) is 5.96 Å². The highest BCUT2D eigenvalue weighted by atomic mass is 32.2. The Hall–Kier alpha value is -1.75. The van der Waals surface area contributed by atoms with Gasteiger partial charge in [-0.05, 0) is 43.2 Å². The number of para-hydroxylation sites is 1. The Balaban J connectivity index is 1.61. The second-order valence-electron chi connectivity index (χ2n) is 6.17. The number of aliphatic imine (C=N–C) groups is 1. The summed E-state index contributed by atoms with van der Waals surface area (Å²) in [6.07, 6.45) is 4.46. The lowest BCUT2D eigenvalue weighted by molar-refractivity contribution is 0.584. The maximum Gasteiger partial charge on any atom is 0.191 e. The average Bonchev–Trinajstić information content (AvgIpc) is 3.02.